The first-order valence-electron chi connectivity index (χ1n) is 4.10. The van der Waals surface area contributed by atoms with Crippen molar-refractivity contribution < 1.29 is 24.5 Å². The molecule has 0 aromatic heterocycles. The van der Waals surface area contributed by atoms with Crippen LogP contribution in [-0.4, -0.2) is 28.3 Å². The minimum atomic E-state index is -1.25. The zero-order valence-electron chi connectivity index (χ0n) is 7.56. The van der Waals surface area contributed by atoms with Crippen LogP contribution in [0, 0.1) is 0 Å². The number of ether oxygens (including phenoxy) is 1. The lowest BCUT2D eigenvalue weighted by Gasteiger charge is -2.07. The largest absolute Gasteiger partial charge is 0.478 e. The molecule has 0 fully saturated rings. The number of hydrogen-bond donors (Lipinski definition) is 2. The van der Waals surface area contributed by atoms with Gasteiger partial charge in [0, 0.05) is 5.57 Å². The molecule has 1 atom stereocenters. The number of carboxylic acids is 2. The van der Waals surface area contributed by atoms with E-state index in [0.717, 1.165) is 0 Å². The third-order valence-corrected chi connectivity index (χ3v) is 1.72. The third kappa shape index (κ3) is 1.93. The van der Waals surface area contributed by atoms with E-state index in [1.165, 1.54) is 6.08 Å². The third-order valence-electron chi connectivity index (χ3n) is 1.72. The molecule has 1 aliphatic heterocycles. The van der Waals surface area contributed by atoms with Crippen LogP contribution in [0.4, 0.5) is 0 Å². The van der Waals surface area contributed by atoms with E-state index < -0.39 is 18.0 Å². The Morgan fingerprint density at radius 3 is 2.64 bits per heavy atom. The highest BCUT2D eigenvalue weighted by Crippen LogP contribution is 2.23. The summed E-state index contributed by atoms with van der Waals surface area (Å²) in [6.07, 6.45) is 2.33. The van der Waals surface area contributed by atoms with Crippen molar-refractivity contribution in [2.75, 3.05) is 0 Å². The van der Waals surface area contributed by atoms with Crippen molar-refractivity contribution in [2.24, 2.45) is 0 Å². The lowest BCUT2D eigenvalue weighted by molar-refractivity contribution is -0.147. The summed E-state index contributed by atoms with van der Waals surface area (Å²) in [5.41, 5.74) is 0.386. The Bertz CT molecular complexity index is 326. The Morgan fingerprint density at radius 1 is 1.57 bits per heavy atom. The fourth-order valence-corrected chi connectivity index (χ4v) is 1.16. The van der Waals surface area contributed by atoms with Crippen molar-refractivity contribution >= 4 is 11.9 Å². The molecule has 1 aliphatic rings. The molecule has 1 rings (SSSR count). The van der Waals surface area contributed by atoms with Crippen LogP contribution < -0.4 is 0 Å². The molecule has 0 aliphatic carbocycles. The molecule has 0 amide bonds. The second-order valence-corrected chi connectivity index (χ2v) is 2.76. The lowest BCUT2D eigenvalue weighted by Crippen LogP contribution is -2.22. The van der Waals surface area contributed by atoms with Crippen LogP contribution >= 0.6 is 0 Å². The summed E-state index contributed by atoms with van der Waals surface area (Å²) < 4.78 is 4.74. The summed E-state index contributed by atoms with van der Waals surface area (Å²) >= 11 is 0. The van der Waals surface area contributed by atoms with E-state index in [4.69, 9.17) is 14.9 Å². The van der Waals surface area contributed by atoms with Gasteiger partial charge in [0.1, 0.15) is 0 Å². The fourth-order valence-electron chi connectivity index (χ4n) is 1.16. The number of aliphatic carboxylic acids is 2. The minimum absolute atomic E-state index is 0.322. The van der Waals surface area contributed by atoms with Gasteiger partial charge < -0.3 is 14.9 Å². The van der Waals surface area contributed by atoms with Gasteiger partial charge in [0.25, 0.3) is 0 Å². The van der Waals surface area contributed by atoms with Gasteiger partial charge in [-0.1, -0.05) is 13.0 Å². The summed E-state index contributed by atoms with van der Waals surface area (Å²) in [6.45, 7) is 1.83. The average molecular weight is 198 g/mol. The summed E-state index contributed by atoms with van der Waals surface area (Å²) in [5.74, 6) is -2.76. The molecule has 14 heavy (non-hydrogen) atoms. The minimum Gasteiger partial charge on any atom is -0.478 e. The number of carboxylic acid groups (broad SMARTS) is 2. The van der Waals surface area contributed by atoms with Crippen molar-refractivity contribution in [3.63, 3.8) is 0 Å². The number of carbonyl (C=O) groups is 2. The van der Waals surface area contributed by atoms with Gasteiger partial charge in [-0.25, -0.2) is 9.59 Å². The van der Waals surface area contributed by atoms with Crippen LogP contribution in [0.5, 0.6) is 0 Å². The first-order valence-corrected chi connectivity index (χ1v) is 4.10. The molecule has 2 N–H and O–H groups in total. The molecule has 0 bridgehead atoms. The van der Waals surface area contributed by atoms with Gasteiger partial charge in [0.15, 0.2) is 0 Å². The van der Waals surface area contributed by atoms with Gasteiger partial charge in [-0.15, -0.1) is 0 Å². The monoisotopic (exact) mass is 198 g/mol. The van der Waals surface area contributed by atoms with Gasteiger partial charge in [-0.3, -0.25) is 0 Å². The molecule has 1 heterocycles. The maximum atomic E-state index is 10.7. The number of allylic oxidation sites excluding steroid dienone is 1. The van der Waals surface area contributed by atoms with E-state index in [-0.39, 0.29) is 5.76 Å². The summed E-state index contributed by atoms with van der Waals surface area (Å²) in [5, 5.41) is 17.3. The highest BCUT2D eigenvalue weighted by molar-refractivity contribution is 5.89. The highest BCUT2D eigenvalue weighted by atomic mass is 16.5. The van der Waals surface area contributed by atoms with Crippen LogP contribution in [0.2, 0.25) is 0 Å². The van der Waals surface area contributed by atoms with Crippen LogP contribution in [0.3, 0.4) is 0 Å². The zero-order valence-corrected chi connectivity index (χ0v) is 7.56. The van der Waals surface area contributed by atoms with Gasteiger partial charge in [0.05, 0.1) is 0 Å². The van der Waals surface area contributed by atoms with Gasteiger partial charge in [-0.05, 0) is 12.5 Å². The molecule has 0 spiro atoms. The van der Waals surface area contributed by atoms with E-state index in [1.54, 1.807) is 6.08 Å². The topological polar surface area (TPSA) is 83.8 Å². The van der Waals surface area contributed by atoms with Gasteiger partial charge in [0.2, 0.25) is 11.9 Å². The number of rotatable bonds is 3. The molecule has 0 saturated carbocycles. The van der Waals surface area contributed by atoms with E-state index in [0.29, 0.717) is 12.0 Å². The highest BCUT2D eigenvalue weighted by Gasteiger charge is 2.32. The van der Waals surface area contributed by atoms with Crippen LogP contribution in [0.15, 0.2) is 23.5 Å². The summed E-state index contributed by atoms with van der Waals surface area (Å²) in [4.78, 5) is 21.2. The average Bonchev–Trinajstić information content (AvgIpc) is 2.49. The molecule has 0 aromatic carbocycles. The maximum Gasteiger partial charge on any atom is 0.371 e. The van der Waals surface area contributed by atoms with Gasteiger partial charge in [-0.2, -0.15) is 0 Å². The van der Waals surface area contributed by atoms with Crippen molar-refractivity contribution in [2.45, 2.75) is 19.4 Å². The SMILES string of the molecule is CCC=C1C=C(C(=O)O)OC1C(=O)O. The molecule has 1 unspecified atom stereocenters. The van der Waals surface area contributed by atoms with Crippen LogP contribution in [-0.2, 0) is 14.3 Å². The lowest BCUT2D eigenvalue weighted by atomic mass is 10.1. The molecule has 5 heteroatoms. The molecular formula is C9H10O5. The Balaban J connectivity index is 2.93. The maximum absolute atomic E-state index is 10.7. The molecule has 0 aromatic rings. The van der Waals surface area contributed by atoms with E-state index in [1.807, 2.05) is 6.92 Å². The predicted octanol–water partition coefficient (Wildman–Crippen LogP) is 0.775. The standard InChI is InChI=1S/C9H10O5/c1-2-3-5-4-6(8(10)11)14-7(5)9(12)13/h3-4,7H,2H2,1H3,(H,10,11)(H,12,13). The summed E-state index contributed by atoms with van der Waals surface area (Å²) in [7, 11) is 0. The smallest absolute Gasteiger partial charge is 0.371 e. The fraction of sp³-hybridized carbons (Fsp3) is 0.333. The van der Waals surface area contributed by atoms with Crippen molar-refractivity contribution in [1.29, 1.82) is 0 Å². The first-order chi connectivity index (χ1) is 6.56. The first kappa shape index (κ1) is 10.3. The van der Waals surface area contributed by atoms with Crippen molar-refractivity contribution in [3.05, 3.63) is 23.5 Å². The molecule has 76 valence electrons. The molecule has 0 radical (unpaired) electrons. The second-order valence-electron chi connectivity index (χ2n) is 2.76. The Hall–Kier alpha value is -1.78. The summed E-state index contributed by atoms with van der Waals surface area (Å²) in [6, 6.07) is 0. The molecule has 0 saturated heterocycles. The zero-order chi connectivity index (χ0) is 10.7. The molecular weight excluding hydrogens is 188 g/mol. The van der Waals surface area contributed by atoms with Crippen molar-refractivity contribution in [3.8, 4) is 0 Å². The van der Waals surface area contributed by atoms with E-state index in [9.17, 15) is 9.59 Å². The van der Waals surface area contributed by atoms with E-state index >= 15 is 0 Å². The van der Waals surface area contributed by atoms with Crippen molar-refractivity contribution in [1.82, 2.24) is 0 Å². The van der Waals surface area contributed by atoms with Crippen LogP contribution in [0.25, 0.3) is 0 Å². The Kier molecular flexibility index (Phi) is 2.91. The van der Waals surface area contributed by atoms with E-state index in [2.05, 4.69) is 0 Å². The Labute approximate surface area is 80.3 Å². The predicted molar refractivity (Wildman–Crippen MR) is 46.6 cm³/mol. The number of hydrogen-bond acceptors (Lipinski definition) is 3. The second kappa shape index (κ2) is 3.95. The quantitative estimate of drug-likeness (QED) is 0.699. The Morgan fingerprint density at radius 2 is 2.21 bits per heavy atom. The van der Waals surface area contributed by atoms with Gasteiger partial charge >= 0.3 is 11.9 Å². The normalized spacial score (nSPS) is 23.1. The van der Waals surface area contributed by atoms with Crippen LogP contribution in [0.1, 0.15) is 13.3 Å². The molecule has 5 nitrogen and oxygen atoms in total.